The highest BCUT2D eigenvalue weighted by Crippen LogP contribution is 2.19. The Morgan fingerprint density at radius 2 is 1.95 bits per heavy atom. The smallest absolute Gasteiger partial charge is 0.321 e. The number of nitrogens with one attached hydrogen (secondary N) is 2. The molecule has 6 heteroatoms. The van der Waals surface area contributed by atoms with Crippen LogP contribution in [0.4, 0.5) is 16.2 Å². The van der Waals surface area contributed by atoms with Crippen LogP contribution in [0.1, 0.15) is 5.56 Å². The molecule has 1 aliphatic heterocycles. The van der Waals surface area contributed by atoms with Crippen molar-refractivity contribution in [2.75, 3.05) is 23.3 Å². The zero-order valence-electron chi connectivity index (χ0n) is 10.9. The predicted octanol–water partition coefficient (Wildman–Crippen LogP) is 1.62. The van der Waals surface area contributed by atoms with Crippen molar-refractivity contribution < 1.29 is 4.79 Å². The van der Waals surface area contributed by atoms with Crippen molar-refractivity contribution in [1.82, 2.24) is 15.3 Å². The van der Waals surface area contributed by atoms with Crippen LogP contribution in [-0.2, 0) is 6.54 Å². The summed E-state index contributed by atoms with van der Waals surface area (Å²) in [6.45, 7) is 2.09. The first-order chi connectivity index (χ1) is 9.83. The predicted molar refractivity (Wildman–Crippen MR) is 76.5 cm³/mol. The van der Waals surface area contributed by atoms with Crippen LogP contribution in [0, 0.1) is 0 Å². The molecule has 0 bridgehead atoms. The minimum absolute atomic E-state index is 0.0351. The summed E-state index contributed by atoms with van der Waals surface area (Å²) in [5.74, 6) is 0. The van der Waals surface area contributed by atoms with Crippen LogP contribution in [-0.4, -0.2) is 29.1 Å². The lowest BCUT2D eigenvalue weighted by molar-refractivity contribution is 0.252. The molecule has 0 radical (unpaired) electrons. The summed E-state index contributed by atoms with van der Waals surface area (Å²) in [6, 6.07) is 7.77. The van der Waals surface area contributed by atoms with Gasteiger partial charge < -0.3 is 10.6 Å². The minimum Gasteiger partial charge on any atom is -0.381 e. The van der Waals surface area contributed by atoms with Crippen molar-refractivity contribution in [3.8, 4) is 0 Å². The molecule has 1 aromatic carbocycles. The molecule has 1 saturated heterocycles. The molecule has 20 heavy (non-hydrogen) atoms. The monoisotopic (exact) mass is 269 g/mol. The molecule has 2 heterocycles. The highest BCUT2D eigenvalue weighted by Gasteiger charge is 2.20. The van der Waals surface area contributed by atoms with E-state index in [2.05, 4.69) is 20.6 Å². The van der Waals surface area contributed by atoms with Gasteiger partial charge in [-0.1, -0.05) is 0 Å². The fourth-order valence-electron chi connectivity index (χ4n) is 2.10. The molecule has 102 valence electrons. The van der Waals surface area contributed by atoms with Gasteiger partial charge in [-0.3, -0.25) is 4.90 Å². The van der Waals surface area contributed by atoms with Gasteiger partial charge in [0.05, 0.1) is 0 Å². The van der Waals surface area contributed by atoms with Crippen molar-refractivity contribution in [3.05, 3.63) is 48.5 Å². The Labute approximate surface area is 116 Å². The molecule has 3 rings (SSSR count). The topological polar surface area (TPSA) is 70.2 Å². The van der Waals surface area contributed by atoms with Gasteiger partial charge in [0.15, 0.2) is 0 Å². The van der Waals surface area contributed by atoms with Crippen LogP contribution >= 0.6 is 0 Å². The van der Waals surface area contributed by atoms with E-state index in [-0.39, 0.29) is 6.03 Å². The quantitative estimate of drug-likeness (QED) is 0.885. The number of carbonyl (C=O) groups is 1. The second-order valence-corrected chi connectivity index (χ2v) is 4.53. The van der Waals surface area contributed by atoms with Gasteiger partial charge >= 0.3 is 6.03 Å². The van der Waals surface area contributed by atoms with Crippen molar-refractivity contribution in [3.63, 3.8) is 0 Å². The summed E-state index contributed by atoms with van der Waals surface area (Å²) in [5, 5.41) is 6.08. The van der Waals surface area contributed by atoms with E-state index in [0.717, 1.165) is 16.9 Å². The second kappa shape index (κ2) is 5.56. The summed E-state index contributed by atoms with van der Waals surface area (Å²) < 4.78 is 0. The summed E-state index contributed by atoms with van der Waals surface area (Å²) >= 11 is 0. The molecule has 0 spiro atoms. The maximum Gasteiger partial charge on any atom is 0.321 e. The second-order valence-electron chi connectivity index (χ2n) is 4.53. The molecule has 2 aromatic rings. The lowest BCUT2D eigenvalue weighted by Crippen LogP contribution is -2.27. The van der Waals surface area contributed by atoms with Gasteiger partial charge in [0, 0.05) is 49.0 Å². The van der Waals surface area contributed by atoms with E-state index in [1.807, 2.05) is 24.3 Å². The molecule has 2 N–H and O–H groups in total. The van der Waals surface area contributed by atoms with Crippen LogP contribution in [0.25, 0.3) is 0 Å². The third-order valence-electron chi connectivity index (χ3n) is 3.15. The van der Waals surface area contributed by atoms with Gasteiger partial charge in [-0.2, -0.15) is 0 Å². The van der Waals surface area contributed by atoms with E-state index in [1.54, 1.807) is 17.3 Å². The third kappa shape index (κ3) is 2.69. The fourth-order valence-corrected chi connectivity index (χ4v) is 2.10. The van der Waals surface area contributed by atoms with E-state index in [1.165, 1.54) is 6.33 Å². The molecule has 0 saturated carbocycles. The van der Waals surface area contributed by atoms with Crippen molar-refractivity contribution in [2.45, 2.75) is 6.54 Å². The number of anilines is 2. The Hall–Kier alpha value is -2.63. The van der Waals surface area contributed by atoms with Gasteiger partial charge in [0.2, 0.25) is 0 Å². The van der Waals surface area contributed by atoms with Crippen LogP contribution < -0.4 is 15.5 Å². The van der Waals surface area contributed by atoms with Crippen molar-refractivity contribution in [2.24, 2.45) is 0 Å². The first kappa shape index (κ1) is 12.4. The highest BCUT2D eigenvalue weighted by atomic mass is 16.2. The summed E-state index contributed by atoms with van der Waals surface area (Å²) in [4.78, 5) is 21.2. The molecule has 1 fully saturated rings. The molecule has 6 nitrogen and oxygen atoms in total. The van der Waals surface area contributed by atoms with E-state index in [4.69, 9.17) is 0 Å². The highest BCUT2D eigenvalue weighted by molar-refractivity contribution is 5.94. The Bertz CT molecular complexity index is 584. The average molecular weight is 269 g/mol. The number of hydrogen-bond donors (Lipinski definition) is 2. The maximum absolute atomic E-state index is 11.6. The van der Waals surface area contributed by atoms with Crippen molar-refractivity contribution in [1.29, 1.82) is 0 Å². The first-order valence-electron chi connectivity index (χ1n) is 6.46. The van der Waals surface area contributed by atoms with Gasteiger partial charge in [-0.25, -0.2) is 14.8 Å². The van der Waals surface area contributed by atoms with Crippen LogP contribution in [0.2, 0.25) is 0 Å². The molecule has 0 unspecified atom stereocenters. The number of urea groups is 1. The SMILES string of the molecule is O=C1NCCN1c1ccc(NCc2cncnc2)cc1. The van der Waals surface area contributed by atoms with E-state index in [9.17, 15) is 4.79 Å². The molecule has 0 aliphatic carbocycles. The van der Waals surface area contributed by atoms with Crippen molar-refractivity contribution >= 4 is 17.4 Å². The minimum atomic E-state index is -0.0351. The standard InChI is InChI=1S/C14H15N5O/c20-14-17-5-6-19(14)13-3-1-12(2-4-13)18-9-11-7-15-10-16-8-11/h1-4,7-8,10,18H,5-6,9H2,(H,17,20). The molecular weight excluding hydrogens is 254 g/mol. The number of benzene rings is 1. The maximum atomic E-state index is 11.6. The van der Waals surface area contributed by atoms with E-state index >= 15 is 0 Å². The van der Waals surface area contributed by atoms with Gasteiger partial charge in [-0.05, 0) is 24.3 Å². The number of carbonyl (C=O) groups excluding carboxylic acids is 1. The lowest BCUT2D eigenvalue weighted by Gasteiger charge is -2.15. The Morgan fingerprint density at radius 3 is 2.60 bits per heavy atom. The summed E-state index contributed by atoms with van der Waals surface area (Å²) in [5.41, 5.74) is 2.93. The number of nitrogens with zero attached hydrogens (tertiary/aromatic N) is 3. The number of aromatic nitrogens is 2. The lowest BCUT2D eigenvalue weighted by atomic mass is 10.2. The summed E-state index contributed by atoms with van der Waals surface area (Å²) in [6.07, 6.45) is 5.07. The van der Waals surface area contributed by atoms with Crippen LogP contribution in [0.15, 0.2) is 43.0 Å². The molecule has 0 atom stereocenters. The van der Waals surface area contributed by atoms with Crippen LogP contribution in [0.3, 0.4) is 0 Å². The normalized spacial score (nSPS) is 14.2. The molecular formula is C14H15N5O. The fraction of sp³-hybridized carbons (Fsp3) is 0.214. The average Bonchev–Trinajstić information content (AvgIpc) is 2.93. The van der Waals surface area contributed by atoms with Gasteiger partial charge in [0.25, 0.3) is 0 Å². The molecule has 1 aliphatic rings. The third-order valence-corrected chi connectivity index (χ3v) is 3.15. The van der Waals surface area contributed by atoms with E-state index < -0.39 is 0 Å². The Morgan fingerprint density at radius 1 is 1.20 bits per heavy atom. The van der Waals surface area contributed by atoms with Gasteiger partial charge in [0.1, 0.15) is 6.33 Å². The summed E-state index contributed by atoms with van der Waals surface area (Å²) in [7, 11) is 0. The first-order valence-corrected chi connectivity index (χ1v) is 6.46. The Balaban J connectivity index is 1.63. The Kier molecular flexibility index (Phi) is 3.45. The van der Waals surface area contributed by atoms with Gasteiger partial charge in [-0.15, -0.1) is 0 Å². The van der Waals surface area contributed by atoms with Crippen LogP contribution in [0.5, 0.6) is 0 Å². The number of hydrogen-bond acceptors (Lipinski definition) is 4. The number of rotatable bonds is 4. The zero-order chi connectivity index (χ0) is 13.8. The zero-order valence-corrected chi connectivity index (χ0v) is 10.9. The number of amides is 2. The molecule has 1 aromatic heterocycles. The largest absolute Gasteiger partial charge is 0.381 e. The molecule has 2 amide bonds. The van der Waals surface area contributed by atoms with E-state index in [0.29, 0.717) is 19.6 Å².